The molecular weight excluding hydrogens is 1070 g/mol. The summed E-state index contributed by atoms with van der Waals surface area (Å²) in [5.41, 5.74) is 0. The van der Waals surface area contributed by atoms with Crippen molar-refractivity contribution in [2.45, 2.75) is 317 Å². The highest BCUT2D eigenvalue weighted by Crippen LogP contribution is 2.38. The van der Waals surface area contributed by atoms with Gasteiger partial charge in [-0.05, 0) is 19.3 Å². The molecule has 480 valence electrons. The van der Waals surface area contributed by atoms with E-state index in [1.807, 2.05) is 6.08 Å². The molecule has 23 heteroatoms. The number of hydrogen-bond acceptors (Lipinski definition) is 20. The average molecular weight is 1180 g/mol. The summed E-state index contributed by atoms with van der Waals surface area (Å²) in [6, 6.07) is -2.61. The fourth-order valence-electron chi connectivity index (χ4n) is 10.9. The minimum absolute atomic E-state index is 0.204. The Morgan fingerprint density at radius 1 is 0.634 bits per heavy atom. The zero-order chi connectivity index (χ0) is 60.5. The Bertz CT molecular complexity index is 1740. The van der Waals surface area contributed by atoms with Crippen LogP contribution in [0, 0.1) is 0 Å². The van der Waals surface area contributed by atoms with Gasteiger partial charge in [0.25, 0.3) is 5.79 Å². The van der Waals surface area contributed by atoms with Crippen LogP contribution in [-0.4, -0.2) is 215 Å². The Kier molecular flexibility index (Phi) is 37.4. The van der Waals surface area contributed by atoms with E-state index in [-0.39, 0.29) is 12.3 Å². The van der Waals surface area contributed by atoms with Gasteiger partial charge in [-0.1, -0.05) is 180 Å². The van der Waals surface area contributed by atoms with Crippen LogP contribution in [-0.2, 0) is 42.8 Å². The van der Waals surface area contributed by atoms with Crippen molar-refractivity contribution in [1.29, 1.82) is 0 Å². The second-order valence-corrected chi connectivity index (χ2v) is 22.9. The van der Waals surface area contributed by atoms with Crippen LogP contribution >= 0.6 is 0 Å². The monoisotopic (exact) mass is 1180 g/mol. The summed E-state index contributed by atoms with van der Waals surface area (Å²) in [6.45, 7) is 2.10. The van der Waals surface area contributed by atoms with Gasteiger partial charge in [-0.3, -0.25) is 9.59 Å². The zero-order valence-corrected chi connectivity index (χ0v) is 49.3. The molecule has 3 saturated heterocycles. The molecule has 0 spiro atoms. The van der Waals surface area contributed by atoms with Gasteiger partial charge in [0.15, 0.2) is 12.6 Å². The highest BCUT2D eigenvalue weighted by atomic mass is 16.8. The minimum atomic E-state index is -3.08. The first kappa shape index (κ1) is 73.7. The summed E-state index contributed by atoms with van der Waals surface area (Å²) < 4.78 is 34.7. The first-order chi connectivity index (χ1) is 39.4. The number of hydrogen-bond donors (Lipinski definition) is 14. The molecule has 0 radical (unpaired) electrons. The predicted octanol–water partition coefficient (Wildman–Crippen LogP) is 3.17. The number of aliphatic hydroxyl groups is 11. The van der Waals surface area contributed by atoms with Gasteiger partial charge in [-0.2, -0.15) is 0 Å². The van der Waals surface area contributed by atoms with Crippen molar-refractivity contribution in [3.8, 4) is 0 Å². The van der Waals surface area contributed by atoms with E-state index in [4.69, 9.17) is 28.4 Å². The molecule has 3 rings (SSSR count). The van der Waals surface area contributed by atoms with E-state index in [0.29, 0.717) is 12.8 Å². The molecule has 2 amide bonds. The summed E-state index contributed by atoms with van der Waals surface area (Å²) in [5, 5.41) is 135. The lowest BCUT2D eigenvalue weighted by Crippen LogP contribution is -2.70. The van der Waals surface area contributed by atoms with Crippen LogP contribution in [0.25, 0.3) is 0 Å². The number of rotatable bonds is 45. The van der Waals surface area contributed by atoms with Gasteiger partial charge in [0.05, 0.1) is 50.7 Å². The maximum Gasteiger partial charge on any atom is 0.364 e. The molecule has 3 fully saturated rings. The average Bonchev–Trinajstić information content (AvgIpc) is 3.65. The summed E-state index contributed by atoms with van der Waals surface area (Å²) in [6.07, 6.45) is 5.61. The van der Waals surface area contributed by atoms with Crippen molar-refractivity contribution in [3.63, 3.8) is 0 Å². The molecule has 0 aromatic carbocycles. The quantitative estimate of drug-likeness (QED) is 0.0307. The molecule has 18 atom stereocenters. The summed E-state index contributed by atoms with van der Waals surface area (Å²) in [5.74, 6) is -6.14. The molecule has 0 aliphatic carbocycles. The number of carbonyl (C=O) groups is 3. The molecule has 14 N–H and O–H groups in total. The van der Waals surface area contributed by atoms with Crippen molar-refractivity contribution in [2.24, 2.45) is 0 Å². The van der Waals surface area contributed by atoms with Gasteiger partial charge >= 0.3 is 5.97 Å². The smallest absolute Gasteiger partial charge is 0.364 e. The van der Waals surface area contributed by atoms with E-state index in [1.165, 1.54) is 116 Å². The fraction of sp³-hybridized carbons (Fsp3) is 0.915. The van der Waals surface area contributed by atoms with E-state index in [0.717, 1.165) is 51.9 Å². The Labute approximate surface area is 486 Å². The fourth-order valence-corrected chi connectivity index (χ4v) is 10.9. The number of aliphatic hydroxyl groups excluding tert-OH is 11. The molecule has 0 bridgehead atoms. The van der Waals surface area contributed by atoms with Crippen LogP contribution in [0.5, 0.6) is 0 Å². The van der Waals surface area contributed by atoms with E-state index in [9.17, 15) is 75.7 Å². The lowest BCUT2D eigenvalue weighted by molar-refractivity contribution is -0.386. The second-order valence-electron chi connectivity index (χ2n) is 22.9. The lowest BCUT2D eigenvalue weighted by atomic mass is 9.88. The van der Waals surface area contributed by atoms with Crippen molar-refractivity contribution in [2.75, 3.05) is 26.4 Å². The molecular formula is C59H108N2O21. The Balaban J connectivity index is 1.67. The van der Waals surface area contributed by atoms with Crippen LogP contribution < -0.4 is 10.6 Å². The number of carboxylic acid groups (broad SMARTS) is 1. The van der Waals surface area contributed by atoms with Gasteiger partial charge in [0.2, 0.25) is 11.8 Å². The molecule has 23 nitrogen and oxygen atoms in total. The highest BCUT2D eigenvalue weighted by molar-refractivity contribution is 5.77. The molecule has 0 aromatic heterocycles. The van der Waals surface area contributed by atoms with Gasteiger partial charge in [-0.25, -0.2) is 4.79 Å². The minimum Gasteiger partial charge on any atom is -0.477 e. The maximum absolute atomic E-state index is 13.4. The first-order valence-electron chi connectivity index (χ1n) is 31.1. The highest BCUT2D eigenvalue weighted by Gasteiger charge is 2.60. The van der Waals surface area contributed by atoms with Crippen LogP contribution in [0.4, 0.5) is 0 Å². The molecule has 0 unspecified atom stereocenters. The molecule has 3 heterocycles. The summed E-state index contributed by atoms with van der Waals surface area (Å²) in [7, 11) is 0. The summed E-state index contributed by atoms with van der Waals surface area (Å²) in [4.78, 5) is 38.4. The zero-order valence-electron chi connectivity index (χ0n) is 49.3. The van der Waals surface area contributed by atoms with Crippen molar-refractivity contribution >= 4 is 17.8 Å². The Hall–Kier alpha value is -2.53. The largest absolute Gasteiger partial charge is 0.477 e. The number of ether oxygens (including phenoxy) is 6. The molecule has 3 aliphatic heterocycles. The number of amides is 2. The third-order valence-electron chi connectivity index (χ3n) is 16.0. The van der Waals surface area contributed by atoms with Gasteiger partial charge in [0, 0.05) is 19.8 Å². The van der Waals surface area contributed by atoms with Crippen LogP contribution in [0.3, 0.4) is 0 Å². The maximum atomic E-state index is 13.4. The molecule has 0 aromatic rings. The van der Waals surface area contributed by atoms with Crippen molar-refractivity contribution in [3.05, 3.63) is 12.2 Å². The second kappa shape index (κ2) is 41.5. The van der Waals surface area contributed by atoms with Crippen molar-refractivity contribution < 1.29 is 104 Å². The van der Waals surface area contributed by atoms with Gasteiger partial charge in [-0.15, -0.1) is 0 Å². The number of unbranched alkanes of at least 4 members (excludes halogenated alkanes) is 25. The third kappa shape index (κ3) is 25.4. The number of allylic oxidation sites excluding steroid dienone is 1. The molecule has 0 saturated carbocycles. The normalized spacial score (nSPS) is 30.2. The van der Waals surface area contributed by atoms with Crippen LogP contribution in [0.15, 0.2) is 12.2 Å². The number of carbonyl (C=O) groups excluding carboxylic acids is 2. The molecule has 3 aliphatic rings. The van der Waals surface area contributed by atoms with E-state index in [1.54, 1.807) is 6.08 Å². The van der Waals surface area contributed by atoms with Crippen LogP contribution in [0.1, 0.15) is 207 Å². The van der Waals surface area contributed by atoms with E-state index >= 15 is 0 Å². The number of nitrogens with one attached hydrogen (secondary N) is 2. The molecule has 82 heavy (non-hydrogen) atoms. The number of carboxylic acids is 1. The standard InChI is InChI=1S/C59H108N2O21/c1-4-6-8-10-12-14-16-18-19-21-23-25-27-29-31-33-46(69)61-40(41(66)32-30-28-26-24-22-20-17-15-13-11-9-7-5-2)38-77-56-51(73)50(72)53(45(37-64)79-56)80-57-52(74)55(49(71)44(36-63)78-57)82-59(58(75)76)34-42(67)47(60-39(3)65)54(81-59)48(70)43(68)35-62/h30,32,40-45,47-57,62-64,66-68,70-74H,4-29,31,33-38H2,1-3H3,(H,60,65)(H,61,69)(H,75,76)/b32-30+/t40-,41+,42-,43+,44+,45+,47+,48+,49-,50+,51+,52+,53+,54+,55-,56+,57-,59-/m0/s1. The van der Waals surface area contributed by atoms with E-state index in [2.05, 4.69) is 24.5 Å². The Morgan fingerprint density at radius 2 is 1.13 bits per heavy atom. The topological polar surface area (TPSA) is 373 Å². The lowest BCUT2D eigenvalue weighted by Gasteiger charge is -2.50. The predicted molar refractivity (Wildman–Crippen MR) is 301 cm³/mol. The van der Waals surface area contributed by atoms with Gasteiger partial charge < -0.3 is 100 Å². The SMILES string of the molecule is CCCCCCCCCCCCC/C=C/[C@@H](O)[C@H](CO[C@@H]1O[C@H](CO)[C@@H](O[C@@H]2O[C@H](CO)[C@H](O)[C@H](O[C@]3(C(=O)O)C[C@H](O)[C@@H](NC(C)=O)[C@H]([C@H](O)[C@H](O)CO)O3)[C@H]2O)[C@H](O)[C@H]1O)NC(=O)CCCCCCCCCCCCCCCCC. The van der Waals surface area contributed by atoms with Gasteiger partial charge in [0.1, 0.15) is 67.1 Å². The van der Waals surface area contributed by atoms with E-state index < -0.39 is 155 Å². The van der Waals surface area contributed by atoms with Crippen LogP contribution in [0.2, 0.25) is 0 Å². The first-order valence-corrected chi connectivity index (χ1v) is 31.1. The van der Waals surface area contributed by atoms with Crippen molar-refractivity contribution in [1.82, 2.24) is 10.6 Å². The third-order valence-corrected chi connectivity index (χ3v) is 16.0. The summed E-state index contributed by atoms with van der Waals surface area (Å²) >= 11 is 0. The number of aliphatic carboxylic acids is 1. The Morgan fingerprint density at radius 3 is 1.62 bits per heavy atom.